The molecule has 1 aliphatic carbocycles. The summed E-state index contributed by atoms with van der Waals surface area (Å²) in [6.45, 7) is 2.15. The van der Waals surface area contributed by atoms with E-state index in [1.807, 2.05) is 37.3 Å². The first kappa shape index (κ1) is 16.5. The van der Waals surface area contributed by atoms with E-state index in [0.29, 0.717) is 13.0 Å². The van der Waals surface area contributed by atoms with Gasteiger partial charge in [0.1, 0.15) is 12.1 Å². The average molecular weight is 329 g/mol. The van der Waals surface area contributed by atoms with E-state index in [4.69, 9.17) is 0 Å². The molecule has 0 aromatic heterocycles. The molecule has 4 amide bonds. The molecule has 0 radical (unpaired) electrons. The zero-order valence-electron chi connectivity index (χ0n) is 13.9. The Bertz CT molecular complexity index is 646. The van der Waals surface area contributed by atoms with E-state index in [1.165, 1.54) is 0 Å². The van der Waals surface area contributed by atoms with E-state index in [1.54, 1.807) is 0 Å². The molecule has 1 aliphatic heterocycles. The van der Waals surface area contributed by atoms with Crippen LogP contribution in [0.1, 0.15) is 38.2 Å². The number of hydrogen-bond acceptors (Lipinski definition) is 3. The lowest BCUT2D eigenvalue weighted by atomic mass is 9.73. The Morgan fingerprint density at radius 3 is 2.75 bits per heavy atom. The van der Waals surface area contributed by atoms with Gasteiger partial charge < -0.3 is 10.6 Å². The van der Waals surface area contributed by atoms with Gasteiger partial charge in [0.05, 0.1) is 0 Å². The molecule has 3 rings (SSSR count). The van der Waals surface area contributed by atoms with Gasteiger partial charge in [-0.25, -0.2) is 4.79 Å². The summed E-state index contributed by atoms with van der Waals surface area (Å²) in [5, 5.41) is 5.61. The van der Waals surface area contributed by atoms with Crippen molar-refractivity contribution in [1.82, 2.24) is 15.5 Å². The summed E-state index contributed by atoms with van der Waals surface area (Å²) in [5.41, 5.74) is 0.162. The highest BCUT2D eigenvalue weighted by atomic mass is 16.2. The number of imide groups is 1. The molecule has 1 heterocycles. The predicted octanol–water partition coefficient (Wildman–Crippen LogP) is 1.80. The second-order valence-electron chi connectivity index (χ2n) is 6.70. The Morgan fingerprint density at radius 1 is 1.29 bits per heavy atom. The third-order valence-electron chi connectivity index (χ3n) is 5.14. The van der Waals surface area contributed by atoms with Gasteiger partial charge >= 0.3 is 6.03 Å². The van der Waals surface area contributed by atoms with Gasteiger partial charge in [-0.05, 0) is 24.3 Å². The lowest BCUT2D eigenvalue weighted by molar-refractivity contribution is -0.137. The lowest BCUT2D eigenvalue weighted by Gasteiger charge is -2.36. The van der Waals surface area contributed by atoms with Crippen LogP contribution in [0.25, 0.3) is 0 Å². The fraction of sp³-hybridized carbons (Fsp3) is 0.500. The standard InChI is InChI=1S/C18H23N3O3/c1-13-7-5-6-10-18(13)16(23)21(17(24)20-18)12-15(22)19-11-14-8-3-2-4-9-14/h2-4,8-9,13H,5-7,10-12H2,1H3,(H,19,22)(H,20,24)/t13-,18+/m0/s1. The van der Waals surface area contributed by atoms with Crippen LogP contribution in [0, 0.1) is 5.92 Å². The lowest BCUT2D eigenvalue weighted by Crippen LogP contribution is -2.54. The zero-order valence-corrected chi connectivity index (χ0v) is 13.9. The molecule has 2 aliphatic rings. The molecule has 6 nitrogen and oxygen atoms in total. The predicted molar refractivity (Wildman–Crippen MR) is 88.9 cm³/mol. The van der Waals surface area contributed by atoms with Crippen LogP contribution in [0.5, 0.6) is 0 Å². The molecule has 1 saturated heterocycles. The summed E-state index contributed by atoms with van der Waals surface area (Å²) in [7, 11) is 0. The first-order chi connectivity index (χ1) is 11.5. The molecule has 0 bridgehead atoms. The van der Waals surface area contributed by atoms with Crippen LogP contribution < -0.4 is 10.6 Å². The fourth-order valence-electron chi connectivity index (χ4n) is 3.64. The van der Waals surface area contributed by atoms with Crippen LogP contribution in [0.4, 0.5) is 4.79 Å². The van der Waals surface area contributed by atoms with Crippen LogP contribution in [-0.2, 0) is 16.1 Å². The Morgan fingerprint density at radius 2 is 2.04 bits per heavy atom. The summed E-state index contributed by atoms with van der Waals surface area (Å²) in [4.78, 5) is 38.2. The van der Waals surface area contributed by atoms with E-state index in [2.05, 4.69) is 10.6 Å². The normalized spacial score (nSPS) is 26.5. The molecular weight excluding hydrogens is 306 g/mol. The Balaban J connectivity index is 1.61. The van der Waals surface area contributed by atoms with Crippen LogP contribution in [0.15, 0.2) is 30.3 Å². The number of carbonyl (C=O) groups is 3. The van der Waals surface area contributed by atoms with E-state index < -0.39 is 11.6 Å². The van der Waals surface area contributed by atoms with E-state index in [-0.39, 0.29) is 24.3 Å². The SMILES string of the molecule is C[C@H]1CCCC[C@@]12NC(=O)N(CC(=O)NCc1ccccc1)C2=O. The van der Waals surface area contributed by atoms with Gasteiger partial charge in [-0.3, -0.25) is 14.5 Å². The number of hydrogen-bond donors (Lipinski definition) is 2. The topological polar surface area (TPSA) is 78.5 Å². The second-order valence-corrected chi connectivity index (χ2v) is 6.70. The number of benzene rings is 1. The van der Waals surface area contributed by atoms with Gasteiger partial charge in [0.25, 0.3) is 5.91 Å². The highest BCUT2D eigenvalue weighted by Gasteiger charge is 2.55. The molecule has 1 saturated carbocycles. The quantitative estimate of drug-likeness (QED) is 0.827. The number of nitrogens with one attached hydrogen (secondary N) is 2. The summed E-state index contributed by atoms with van der Waals surface area (Å²) >= 11 is 0. The minimum absolute atomic E-state index is 0.0973. The molecule has 1 aromatic carbocycles. The molecule has 0 unspecified atom stereocenters. The van der Waals surface area contributed by atoms with Crippen molar-refractivity contribution in [2.75, 3.05) is 6.54 Å². The number of amides is 4. The van der Waals surface area contributed by atoms with Crippen molar-refractivity contribution in [3.05, 3.63) is 35.9 Å². The van der Waals surface area contributed by atoms with Gasteiger partial charge in [-0.15, -0.1) is 0 Å². The summed E-state index contributed by atoms with van der Waals surface area (Å²) < 4.78 is 0. The maximum absolute atomic E-state index is 12.8. The highest BCUT2D eigenvalue weighted by Crippen LogP contribution is 2.38. The molecule has 1 aromatic rings. The summed E-state index contributed by atoms with van der Waals surface area (Å²) in [6, 6.07) is 9.06. The zero-order chi connectivity index (χ0) is 17.2. The maximum Gasteiger partial charge on any atom is 0.325 e. The molecule has 24 heavy (non-hydrogen) atoms. The van der Waals surface area contributed by atoms with Gasteiger partial charge in [0.2, 0.25) is 5.91 Å². The van der Waals surface area contributed by atoms with Crippen molar-refractivity contribution >= 4 is 17.8 Å². The third kappa shape index (κ3) is 3.00. The number of urea groups is 1. The smallest absolute Gasteiger partial charge is 0.325 e. The molecule has 2 fully saturated rings. The monoisotopic (exact) mass is 329 g/mol. The van der Waals surface area contributed by atoms with Crippen molar-refractivity contribution in [3.63, 3.8) is 0 Å². The minimum Gasteiger partial charge on any atom is -0.350 e. The third-order valence-corrected chi connectivity index (χ3v) is 5.14. The summed E-state index contributed by atoms with van der Waals surface area (Å²) in [5.74, 6) is -0.488. The minimum atomic E-state index is -0.810. The Labute approximate surface area is 141 Å². The van der Waals surface area contributed by atoms with Crippen molar-refractivity contribution in [2.24, 2.45) is 5.92 Å². The largest absolute Gasteiger partial charge is 0.350 e. The van der Waals surface area contributed by atoms with Crippen molar-refractivity contribution in [3.8, 4) is 0 Å². The first-order valence-electron chi connectivity index (χ1n) is 8.47. The van der Waals surface area contributed by atoms with Crippen LogP contribution >= 0.6 is 0 Å². The van der Waals surface area contributed by atoms with Crippen molar-refractivity contribution in [1.29, 1.82) is 0 Å². The van der Waals surface area contributed by atoms with Crippen LogP contribution in [0.2, 0.25) is 0 Å². The Kier molecular flexibility index (Phi) is 4.55. The fourth-order valence-corrected chi connectivity index (χ4v) is 3.64. The van der Waals surface area contributed by atoms with Gasteiger partial charge in [0, 0.05) is 6.54 Å². The first-order valence-corrected chi connectivity index (χ1v) is 8.47. The number of rotatable bonds is 4. The highest BCUT2D eigenvalue weighted by molar-refractivity contribution is 6.09. The second kappa shape index (κ2) is 6.63. The van der Waals surface area contributed by atoms with E-state index in [0.717, 1.165) is 29.7 Å². The molecule has 2 atom stereocenters. The number of carbonyl (C=O) groups excluding carboxylic acids is 3. The van der Waals surface area contributed by atoms with Gasteiger partial charge in [-0.1, -0.05) is 50.1 Å². The Hall–Kier alpha value is -2.37. The molecule has 128 valence electrons. The van der Waals surface area contributed by atoms with Gasteiger partial charge in [0.15, 0.2) is 0 Å². The van der Waals surface area contributed by atoms with E-state index >= 15 is 0 Å². The van der Waals surface area contributed by atoms with Crippen molar-refractivity contribution < 1.29 is 14.4 Å². The summed E-state index contributed by atoms with van der Waals surface area (Å²) in [6.07, 6.45) is 3.56. The van der Waals surface area contributed by atoms with Crippen molar-refractivity contribution in [2.45, 2.75) is 44.7 Å². The number of nitrogens with zero attached hydrogens (tertiary/aromatic N) is 1. The average Bonchev–Trinajstić information content (AvgIpc) is 2.82. The molecule has 6 heteroatoms. The maximum atomic E-state index is 12.8. The van der Waals surface area contributed by atoms with Crippen LogP contribution in [-0.4, -0.2) is 34.8 Å². The van der Waals surface area contributed by atoms with E-state index in [9.17, 15) is 14.4 Å². The molecular formula is C18H23N3O3. The molecule has 2 N–H and O–H groups in total. The van der Waals surface area contributed by atoms with Gasteiger partial charge in [-0.2, -0.15) is 0 Å². The van der Waals surface area contributed by atoms with Crippen LogP contribution in [0.3, 0.4) is 0 Å². The molecule has 1 spiro atoms.